The van der Waals surface area contributed by atoms with Crippen LogP contribution in [-0.2, 0) is 13.0 Å². The average molecular weight is 383 g/mol. The van der Waals surface area contributed by atoms with Crippen molar-refractivity contribution >= 4 is 28.2 Å². The molecule has 0 atom stereocenters. The molecule has 0 saturated heterocycles. The van der Waals surface area contributed by atoms with Gasteiger partial charge in [-0.3, -0.25) is 0 Å². The number of nitrogens with zero attached hydrogens (tertiary/aromatic N) is 3. The number of benzene rings is 3. The van der Waals surface area contributed by atoms with Crippen LogP contribution in [0.2, 0.25) is 0 Å². The summed E-state index contributed by atoms with van der Waals surface area (Å²) >= 11 is 0. The first-order valence-electron chi connectivity index (χ1n) is 9.55. The van der Waals surface area contributed by atoms with Crippen LogP contribution in [0.15, 0.2) is 60.8 Å². The van der Waals surface area contributed by atoms with Gasteiger partial charge < -0.3 is 21.5 Å². The number of aromatic nitrogens is 2. The van der Waals surface area contributed by atoms with Crippen LogP contribution < -0.4 is 16.4 Å². The molecular weight excluding hydrogens is 362 g/mol. The lowest BCUT2D eigenvalue weighted by molar-refractivity contribution is 0.476. The smallest absolute Gasteiger partial charge is 0.221 e. The van der Waals surface area contributed by atoms with E-state index in [-0.39, 0.29) is 11.7 Å². The minimum absolute atomic E-state index is 0.191. The number of rotatable bonds is 3. The summed E-state index contributed by atoms with van der Waals surface area (Å²) in [6, 6.07) is 18.2. The van der Waals surface area contributed by atoms with E-state index in [4.69, 9.17) is 11.5 Å². The largest absolute Gasteiger partial charge is 0.508 e. The van der Waals surface area contributed by atoms with E-state index < -0.39 is 0 Å². The van der Waals surface area contributed by atoms with Gasteiger partial charge in [-0.1, -0.05) is 30.3 Å². The van der Waals surface area contributed by atoms with Crippen LogP contribution in [-0.4, -0.2) is 21.6 Å². The molecule has 5 rings (SSSR count). The Morgan fingerprint density at radius 1 is 1.03 bits per heavy atom. The van der Waals surface area contributed by atoms with Gasteiger partial charge in [-0.2, -0.15) is 4.98 Å². The molecule has 5 N–H and O–H groups in total. The van der Waals surface area contributed by atoms with Gasteiger partial charge >= 0.3 is 0 Å². The Morgan fingerprint density at radius 3 is 2.76 bits per heavy atom. The van der Waals surface area contributed by atoms with Crippen molar-refractivity contribution in [1.82, 2.24) is 9.97 Å². The summed E-state index contributed by atoms with van der Waals surface area (Å²) in [5.41, 5.74) is 17.1. The molecule has 2 heterocycles. The topological polar surface area (TPSA) is 101 Å². The Bertz CT molecular complexity index is 1240. The Hall–Kier alpha value is -3.80. The van der Waals surface area contributed by atoms with Crippen molar-refractivity contribution in [3.8, 4) is 16.9 Å². The zero-order valence-electron chi connectivity index (χ0n) is 15.8. The number of nitrogens with two attached hydrogens (primary N) is 2. The average Bonchev–Trinajstić information content (AvgIpc) is 3.11. The Kier molecular flexibility index (Phi) is 3.98. The Morgan fingerprint density at radius 2 is 1.90 bits per heavy atom. The van der Waals surface area contributed by atoms with Crippen LogP contribution in [0.1, 0.15) is 11.1 Å². The van der Waals surface area contributed by atoms with Gasteiger partial charge in [0.25, 0.3) is 0 Å². The molecule has 0 amide bonds. The zero-order chi connectivity index (χ0) is 20.0. The molecule has 0 bridgehead atoms. The molecule has 0 fully saturated rings. The second-order valence-electron chi connectivity index (χ2n) is 7.37. The van der Waals surface area contributed by atoms with E-state index in [0.29, 0.717) is 12.4 Å². The normalized spacial score (nSPS) is 13.0. The van der Waals surface area contributed by atoms with Crippen LogP contribution in [0.5, 0.6) is 5.75 Å². The molecule has 1 aliphatic rings. The number of phenolic OH excluding ortho intramolecular Hbond substituents is 1. The summed E-state index contributed by atoms with van der Waals surface area (Å²) in [7, 11) is 0. The van der Waals surface area contributed by atoms with Crippen molar-refractivity contribution in [2.45, 2.75) is 13.0 Å². The summed E-state index contributed by atoms with van der Waals surface area (Å²) in [5.74, 6) is 0.893. The van der Waals surface area contributed by atoms with E-state index in [2.05, 4.69) is 39.1 Å². The van der Waals surface area contributed by atoms with Crippen molar-refractivity contribution < 1.29 is 5.11 Å². The van der Waals surface area contributed by atoms with Crippen molar-refractivity contribution in [3.05, 3.63) is 71.9 Å². The van der Waals surface area contributed by atoms with Crippen molar-refractivity contribution in [1.29, 1.82) is 0 Å². The Labute approximate surface area is 168 Å². The van der Waals surface area contributed by atoms with Gasteiger partial charge in [-0.05, 0) is 58.1 Å². The fraction of sp³-hybridized carbons (Fsp3) is 0.130. The number of nitrogen functional groups attached to an aromatic ring is 2. The molecule has 1 aliphatic heterocycles. The first-order chi connectivity index (χ1) is 14.1. The van der Waals surface area contributed by atoms with E-state index in [1.165, 1.54) is 11.3 Å². The second-order valence-corrected chi connectivity index (χ2v) is 7.37. The summed E-state index contributed by atoms with van der Waals surface area (Å²) in [6.45, 7) is 1.55. The summed E-state index contributed by atoms with van der Waals surface area (Å²) in [4.78, 5) is 10.4. The maximum atomic E-state index is 10.2. The SMILES string of the molecule is Nc1ncc(CN2CCc3cc(-c4cc(O)cc5ccccc45)ccc32)c(N)n1. The van der Waals surface area contributed by atoms with Crippen molar-refractivity contribution in [2.75, 3.05) is 22.9 Å². The van der Waals surface area contributed by atoms with E-state index in [0.717, 1.165) is 40.4 Å². The third-order valence-corrected chi connectivity index (χ3v) is 5.51. The van der Waals surface area contributed by atoms with Crippen LogP contribution in [0.3, 0.4) is 0 Å². The minimum atomic E-state index is 0.191. The van der Waals surface area contributed by atoms with Crippen LogP contribution in [0.25, 0.3) is 21.9 Å². The number of hydrogen-bond acceptors (Lipinski definition) is 6. The van der Waals surface area contributed by atoms with E-state index in [1.807, 2.05) is 24.3 Å². The second kappa shape index (κ2) is 6.67. The maximum absolute atomic E-state index is 10.2. The predicted octanol–water partition coefficient (Wildman–Crippen LogP) is 3.73. The first-order valence-corrected chi connectivity index (χ1v) is 9.55. The highest BCUT2D eigenvalue weighted by Crippen LogP contribution is 2.37. The minimum Gasteiger partial charge on any atom is -0.508 e. The maximum Gasteiger partial charge on any atom is 0.221 e. The monoisotopic (exact) mass is 383 g/mol. The molecule has 1 aromatic heterocycles. The molecule has 6 nitrogen and oxygen atoms in total. The molecule has 4 aromatic rings. The summed E-state index contributed by atoms with van der Waals surface area (Å²) in [5, 5.41) is 12.3. The molecule has 0 aliphatic carbocycles. The summed E-state index contributed by atoms with van der Waals surface area (Å²) in [6.07, 6.45) is 2.65. The van der Waals surface area contributed by atoms with Gasteiger partial charge in [-0.15, -0.1) is 0 Å². The van der Waals surface area contributed by atoms with Crippen molar-refractivity contribution in [3.63, 3.8) is 0 Å². The number of hydrogen-bond donors (Lipinski definition) is 3. The van der Waals surface area contributed by atoms with Crippen LogP contribution >= 0.6 is 0 Å². The third-order valence-electron chi connectivity index (χ3n) is 5.51. The molecular formula is C23H21N5O. The lowest BCUT2D eigenvalue weighted by Crippen LogP contribution is -2.21. The molecule has 144 valence electrons. The van der Waals surface area contributed by atoms with E-state index >= 15 is 0 Å². The van der Waals surface area contributed by atoms with E-state index in [9.17, 15) is 5.11 Å². The molecule has 0 spiro atoms. The first kappa shape index (κ1) is 17.3. The van der Waals surface area contributed by atoms with Gasteiger partial charge in [-0.25, -0.2) is 4.98 Å². The predicted molar refractivity (Wildman–Crippen MR) is 117 cm³/mol. The van der Waals surface area contributed by atoms with Crippen LogP contribution in [0, 0.1) is 0 Å². The lowest BCUT2D eigenvalue weighted by atomic mass is 9.96. The quantitative estimate of drug-likeness (QED) is 0.498. The number of aromatic hydroxyl groups is 1. The van der Waals surface area contributed by atoms with Gasteiger partial charge in [0.15, 0.2) is 0 Å². The number of fused-ring (bicyclic) bond motifs is 2. The molecule has 0 radical (unpaired) electrons. The highest BCUT2D eigenvalue weighted by Gasteiger charge is 2.21. The van der Waals surface area contributed by atoms with Gasteiger partial charge in [0.05, 0.1) is 0 Å². The number of phenols is 1. The third kappa shape index (κ3) is 3.08. The van der Waals surface area contributed by atoms with Crippen molar-refractivity contribution in [2.24, 2.45) is 0 Å². The van der Waals surface area contributed by atoms with Crippen LogP contribution in [0.4, 0.5) is 17.5 Å². The number of anilines is 3. The van der Waals surface area contributed by atoms with Gasteiger partial charge in [0.2, 0.25) is 5.95 Å². The fourth-order valence-corrected chi connectivity index (χ4v) is 4.10. The van der Waals surface area contributed by atoms with Gasteiger partial charge in [0, 0.05) is 30.5 Å². The molecule has 6 heteroatoms. The molecule has 3 aromatic carbocycles. The summed E-state index contributed by atoms with van der Waals surface area (Å²) < 4.78 is 0. The van der Waals surface area contributed by atoms with E-state index in [1.54, 1.807) is 12.3 Å². The highest BCUT2D eigenvalue weighted by molar-refractivity contribution is 5.98. The molecule has 0 saturated carbocycles. The molecule has 29 heavy (non-hydrogen) atoms. The fourth-order valence-electron chi connectivity index (χ4n) is 4.10. The van der Waals surface area contributed by atoms with Gasteiger partial charge in [0.1, 0.15) is 11.6 Å². The molecule has 0 unspecified atom stereocenters. The highest BCUT2D eigenvalue weighted by atomic mass is 16.3. The zero-order valence-corrected chi connectivity index (χ0v) is 15.8. The lowest BCUT2D eigenvalue weighted by Gasteiger charge is -2.20. The standard InChI is InChI=1S/C23H21N5O/c24-22-17(12-26-23(25)27-22)13-28-8-7-16-9-15(5-6-21(16)28)20-11-18(29)10-14-3-1-2-4-19(14)20/h1-6,9-12,29H,7-8,13H2,(H4,24,25,26,27). The Balaban J connectivity index is 1.50.